The van der Waals surface area contributed by atoms with E-state index in [2.05, 4.69) is 50.2 Å². The van der Waals surface area contributed by atoms with Gasteiger partial charge in [0, 0.05) is 16.8 Å². The van der Waals surface area contributed by atoms with E-state index in [1.54, 1.807) is 0 Å². The lowest BCUT2D eigenvalue weighted by molar-refractivity contribution is 0.731. The molecule has 0 fully saturated rings. The van der Waals surface area contributed by atoms with Gasteiger partial charge in [0.15, 0.2) is 0 Å². The van der Waals surface area contributed by atoms with Crippen LogP contribution in [0.2, 0.25) is 5.02 Å². The standard InChI is InChI=1S/C23H24ClN/c1-5-18-13-17(10-7-6-9-15(2)3)14-21-22(18)16(4)19-11-8-12-20(24)23(19)25-21/h5,8,11-14,25H,1-2,4,6-7,9-10H2,3H3. The summed E-state index contributed by atoms with van der Waals surface area (Å²) in [6.07, 6.45) is 6.38. The minimum atomic E-state index is 0.719. The first-order valence-electron chi connectivity index (χ1n) is 8.70. The van der Waals surface area contributed by atoms with E-state index >= 15 is 0 Å². The fourth-order valence-electron chi connectivity index (χ4n) is 3.40. The van der Waals surface area contributed by atoms with Gasteiger partial charge in [0.25, 0.3) is 0 Å². The molecular weight excluding hydrogens is 326 g/mol. The van der Waals surface area contributed by atoms with E-state index in [0.29, 0.717) is 0 Å². The van der Waals surface area contributed by atoms with Crippen LogP contribution in [0.25, 0.3) is 11.6 Å². The minimum Gasteiger partial charge on any atom is -0.353 e. The number of benzene rings is 2. The average Bonchev–Trinajstić information content (AvgIpc) is 2.59. The van der Waals surface area contributed by atoms with Crippen molar-refractivity contribution in [2.75, 3.05) is 5.32 Å². The highest BCUT2D eigenvalue weighted by molar-refractivity contribution is 6.34. The number of rotatable bonds is 6. The highest BCUT2D eigenvalue weighted by Gasteiger charge is 2.22. The monoisotopic (exact) mass is 349 g/mol. The van der Waals surface area contributed by atoms with E-state index in [0.717, 1.165) is 57.9 Å². The van der Waals surface area contributed by atoms with E-state index in [9.17, 15) is 0 Å². The van der Waals surface area contributed by atoms with Crippen molar-refractivity contribution in [3.05, 3.63) is 82.9 Å². The second-order valence-electron chi connectivity index (χ2n) is 6.74. The van der Waals surface area contributed by atoms with Crippen molar-refractivity contribution in [2.24, 2.45) is 0 Å². The fraction of sp³-hybridized carbons (Fsp3) is 0.217. The lowest BCUT2D eigenvalue weighted by atomic mass is 9.87. The molecule has 128 valence electrons. The van der Waals surface area contributed by atoms with Crippen LogP contribution in [-0.4, -0.2) is 0 Å². The van der Waals surface area contributed by atoms with Gasteiger partial charge in [0.1, 0.15) is 0 Å². The Kier molecular flexibility index (Phi) is 5.15. The number of nitrogens with one attached hydrogen (secondary N) is 1. The van der Waals surface area contributed by atoms with Crippen molar-refractivity contribution in [1.29, 1.82) is 0 Å². The van der Waals surface area contributed by atoms with Crippen LogP contribution in [0.5, 0.6) is 0 Å². The minimum absolute atomic E-state index is 0.719. The molecule has 25 heavy (non-hydrogen) atoms. The Hall–Kier alpha value is -2.25. The fourth-order valence-corrected chi connectivity index (χ4v) is 3.62. The zero-order chi connectivity index (χ0) is 18.0. The van der Waals surface area contributed by atoms with Gasteiger partial charge in [-0.3, -0.25) is 0 Å². The first-order valence-corrected chi connectivity index (χ1v) is 9.08. The maximum atomic E-state index is 6.39. The third kappa shape index (κ3) is 3.57. The van der Waals surface area contributed by atoms with Crippen LogP contribution in [0.3, 0.4) is 0 Å². The quantitative estimate of drug-likeness (QED) is 0.361. The van der Waals surface area contributed by atoms with Gasteiger partial charge in [-0.05, 0) is 61.4 Å². The van der Waals surface area contributed by atoms with Crippen molar-refractivity contribution in [3.8, 4) is 0 Å². The predicted molar refractivity (Wildman–Crippen MR) is 112 cm³/mol. The molecule has 0 atom stereocenters. The highest BCUT2D eigenvalue weighted by atomic mass is 35.5. The molecule has 0 saturated carbocycles. The number of hydrogen-bond acceptors (Lipinski definition) is 1. The normalized spacial score (nSPS) is 12.2. The molecule has 0 saturated heterocycles. The van der Waals surface area contributed by atoms with Gasteiger partial charge in [-0.1, -0.05) is 54.6 Å². The second kappa shape index (κ2) is 7.33. The van der Waals surface area contributed by atoms with Gasteiger partial charge in [-0.2, -0.15) is 0 Å². The van der Waals surface area contributed by atoms with E-state index < -0.39 is 0 Å². The summed E-state index contributed by atoms with van der Waals surface area (Å²) in [6.45, 7) is 14.4. The summed E-state index contributed by atoms with van der Waals surface area (Å²) in [4.78, 5) is 0. The van der Waals surface area contributed by atoms with Crippen LogP contribution in [-0.2, 0) is 6.42 Å². The molecular formula is C23H24ClN. The third-order valence-electron chi connectivity index (χ3n) is 4.67. The molecule has 2 aromatic rings. The molecule has 0 unspecified atom stereocenters. The highest BCUT2D eigenvalue weighted by Crippen LogP contribution is 2.45. The second-order valence-corrected chi connectivity index (χ2v) is 7.15. The Morgan fingerprint density at radius 2 is 2.04 bits per heavy atom. The third-order valence-corrected chi connectivity index (χ3v) is 4.98. The number of anilines is 2. The van der Waals surface area contributed by atoms with E-state index in [-0.39, 0.29) is 0 Å². The van der Waals surface area contributed by atoms with Crippen LogP contribution in [0.4, 0.5) is 11.4 Å². The predicted octanol–water partition coefficient (Wildman–Crippen LogP) is 7.39. The molecule has 0 amide bonds. The zero-order valence-electron chi connectivity index (χ0n) is 14.8. The smallest absolute Gasteiger partial charge is 0.0653 e. The van der Waals surface area contributed by atoms with Crippen LogP contribution in [0, 0.1) is 0 Å². The summed E-state index contributed by atoms with van der Waals surface area (Å²) in [5.41, 5.74) is 8.86. The summed E-state index contributed by atoms with van der Waals surface area (Å²) < 4.78 is 0. The molecule has 0 radical (unpaired) electrons. The molecule has 0 aliphatic carbocycles. The summed E-state index contributed by atoms with van der Waals surface area (Å²) in [7, 11) is 0. The molecule has 0 spiro atoms. The number of allylic oxidation sites excluding steroid dienone is 1. The molecule has 1 heterocycles. The van der Waals surface area contributed by atoms with Crippen molar-refractivity contribution in [1.82, 2.24) is 0 Å². The van der Waals surface area contributed by atoms with Gasteiger partial charge in [0.05, 0.1) is 10.7 Å². The number of para-hydroxylation sites is 1. The average molecular weight is 350 g/mol. The van der Waals surface area contributed by atoms with Gasteiger partial charge in [-0.15, -0.1) is 6.58 Å². The molecule has 1 N–H and O–H groups in total. The molecule has 2 aromatic carbocycles. The Balaban J connectivity index is 1.93. The largest absolute Gasteiger partial charge is 0.353 e. The first-order chi connectivity index (χ1) is 12.0. The van der Waals surface area contributed by atoms with Crippen molar-refractivity contribution < 1.29 is 0 Å². The van der Waals surface area contributed by atoms with Crippen molar-refractivity contribution >= 4 is 34.6 Å². The first kappa shape index (κ1) is 17.6. The number of unbranched alkanes of at least 4 members (excludes halogenated alkanes) is 1. The lowest BCUT2D eigenvalue weighted by Crippen LogP contribution is -2.08. The molecule has 3 rings (SSSR count). The Morgan fingerprint density at radius 3 is 2.76 bits per heavy atom. The number of hydrogen-bond donors (Lipinski definition) is 1. The SMILES string of the molecule is C=Cc1cc(CCCCC(=C)C)cc2c1C(=C)c1cccc(Cl)c1N2. The summed E-state index contributed by atoms with van der Waals surface area (Å²) in [5, 5.41) is 4.23. The number of fused-ring (bicyclic) bond motifs is 2. The number of halogens is 1. The van der Waals surface area contributed by atoms with Crippen LogP contribution >= 0.6 is 11.6 Å². The number of aryl methyl sites for hydroxylation is 1. The lowest BCUT2D eigenvalue weighted by Gasteiger charge is -2.26. The van der Waals surface area contributed by atoms with Crippen LogP contribution < -0.4 is 5.32 Å². The van der Waals surface area contributed by atoms with Gasteiger partial charge in [0.2, 0.25) is 0 Å². The molecule has 0 aromatic heterocycles. The Bertz CT molecular complexity index is 861. The van der Waals surface area contributed by atoms with Crippen LogP contribution in [0.1, 0.15) is 48.4 Å². The molecule has 2 heteroatoms. The van der Waals surface area contributed by atoms with Crippen LogP contribution in [0.15, 0.2) is 55.6 Å². The summed E-state index contributed by atoms with van der Waals surface area (Å²) in [6, 6.07) is 10.4. The Morgan fingerprint density at radius 1 is 1.24 bits per heavy atom. The van der Waals surface area contributed by atoms with Gasteiger partial charge in [-0.25, -0.2) is 0 Å². The summed E-state index contributed by atoms with van der Waals surface area (Å²) in [5.74, 6) is 0. The van der Waals surface area contributed by atoms with E-state index in [4.69, 9.17) is 11.6 Å². The summed E-state index contributed by atoms with van der Waals surface area (Å²) >= 11 is 6.39. The van der Waals surface area contributed by atoms with Gasteiger partial charge >= 0.3 is 0 Å². The Labute approximate surface area is 155 Å². The van der Waals surface area contributed by atoms with Crippen molar-refractivity contribution in [3.63, 3.8) is 0 Å². The molecule has 1 aliphatic heterocycles. The van der Waals surface area contributed by atoms with E-state index in [1.807, 2.05) is 18.2 Å². The molecule has 0 bridgehead atoms. The maximum absolute atomic E-state index is 6.39. The molecule has 1 nitrogen and oxygen atoms in total. The topological polar surface area (TPSA) is 12.0 Å². The van der Waals surface area contributed by atoms with Crippen molar-refractivity contribution in [2.45, 2.75) is 32.6 Å². The van der Waals surface area contributed by atoms with Gasteiger partial charge < -0.3 is 5.32 Å². The molecule has 1 aliphatic rings. The maximum Gasteiger partial charge on any atom is 0.0653 e. The zero-order valence-corrected chi connectivity index (χ0v) is 15.5. The van der Waals surface area contributed by atoms with E-state index in [1.165, 1.54) is 17.6 Å².